The molecule has 3 amide bonds. The minimum atomic E-state index is -3.46. The van der Waals surface area contributed by atoms with E-state index in [1.807, 2.05) is 25.1 Å². The SMILES string of the molecule is CC(C)=CCC/C(C)=C/CN1C(=O)[C@]2(O[C@H](CC(=O)N3CCC[C@H]3CO)[C@@H]([Si](C)(C)F)[C@@H]2C)c2cc(N3CCCC3=O)ccc21. The van der Waals surface area contributed by atoms with Gasteiger partial charge in [-0.25, -0.2) is 0 Å². The average molecular weight is 640 g/mol. The predicted molar refractivity (Wildman–Crippen MR) is 177 cm³/mol. The van der Waals surface area contributed by atoms with E-state index in [2.05, 4.69) is 32.9 Å². The van der Waals surface area contributed by atoms with Crippen molar-refractivity contribution in [1.82, 2.24) is 4.90 Å². The molecule has 4 aliphatic heterocycles. The van der Waals surface area contributed by atoms with Crippen molar-refractivity contribution < 1.29 is 28.3 Å². The number of amides is 3. The number of hydrogen-bond acceptors (Lipinski definition) is 5. The third-order valence-corrected chi connectivity index (χ3v) is 12.8. The maximum atomic E-state index is 16.3. The number of carbonyl (C=O) groups is 3. The highest BCUT2D eigenvalue weighted by Gasteiger charge is 2.67. The van der Waals surface area contributed by atoms with Gasteiger partial charge >= 0.3 is 0 Å². The number of fused-ring (bicyclic) bond motifs is 2. The Labute approximate surface area is 268 Å². The zero-order chi connectivity index (χ0) is 32.7. The van der Waals surface area contributed by atoms with Crippen LogP contribution in [0, 0.1) is 5.92 Å². The van der Waals surface area contributed by atoms with Crippen LogP contribution in [-0.4, -0.2) is 74.5 Å². The number of nitrogens with zero attached hydrogens (tertiary/aromatic N) is 3. The van der Waals surface area contributed by atoms with Gasteiger partial charge in [0.25, 0.3) is 5.91 Å². The van der Waals surface area contributed by atoms with Gasteiger partial charge < -0.3 is 28.7 Å². The molecule has 5 rings (SSSR count). The lowest BCUT2D eigenvalue weighted by Crippen LogP contribution is -2.45. The molecule has 45 heavy (non-hydrogen) atoms. The second kappa shape index (κ2) is 13.1. The van der Waals surface area contributed by atoms with Crippen molar-refractivity contribution in [3.63, 3.8) is 0 Å². The zero-order valence-electron chi connectivity index (χ0n) is 27.8. The molecule has 4 heterocycles. The maximum absolute atomic E-state index is 16.3. The van der Waals surface area contributed by atoms with Crippen LogP contribution in [0.4, 0.5) is 15.5 Å². The van der Waals surface area contributed by atoms with Crippen molar-refractivity contribution in [2.75, 3.05) is 36.0 Å². The number of aliphatic hydroxyl groups is 1. The molecule has 1 aromatic rings. The molecule has 5 atom stereocenters. The van der Waals surface area contributed by atoms with Crippen molar-refractivity contribution >= 4 is 37.5 Å². The van der Waals surface area contributed by atoms with Crippen molar-refractivity contribution in [3.05, 3.63) is 47.1 Å². The van der Waals surface area contributed by atoms with Gasteiger partial charge in [-0.2, -0.15) is 0 Å². The van der Waals surface area contributed by atoms with Crippen LogP contribution in [-0.2, 0) is 24.7 Å². The van der Waals surface area contributed by atoms with Gasteiger partial charge in [-0.05, 0) is 84.2 Å². The smallest absolute Gasteiger partial charge is 0.264 e. The third kappa shape index (κ3) is 6.30. The summed E-state index contributed by atoms with van der Waals surface area (Å²) in [6, 6.07) is 5.44. The summed E-state index contributed by atoms with van der Waals surface area (Å²) >= 11 is 0. The summed E-state index contributed by atoms with van der Waals surface area (Å²) in [7, 11) is -3.46. The minimum absolute atomic E-state index is 0.0378. The van der Waals surface area contributed by atoms with Crippen LogP contribution in [0.1, 0.15) is 78.2 Å². The fourth-order valence-corrected chi connectivity index (χ4v) is 10.6. The molecular formula is C35H50FN3O5Si. The van der Waals surface area contributed by atoms with Crippen molar-refractivity contribution in [2.45, 2.75) is 109 Å². The monoisotopic (exact) mass is 639 g/mol. The molecule has 0 bridgehead atoms. The number of carbonyl (C=O) groups excluding carboxylic acids is 3. The Morgan fingerprint density at radius 3 is 2.56 bits per heavy atom. The molecule has 1 N–H and O–H groups in total. The van der Waals surface area contributed by atoms with E-state index < -0.39 is 31.6 Å². The lowest BCUT2D eigenvalue weighted by atomic mass is 9.82. The Balaban J connectivity index is 1.53. The van der Waals surface area contributed by atoms with Crippen molar-refractivity contribution in [2.24, 2.45) is 5.92 Å². The second-order valence-corrected chi connectivity index (χ2v) is 18.0. The second-order valence-electron chi connectivity index (χ2n) is 14.2. The first-order valence-electron chi connectivity index (χ1n) is 16.6. The number of benzene rings is 1. The fraction of sp³-hybridized carbons (Fsp3) is 0.629. The number of rotatable bonds is 10. The maximum Gasteiger partial charge on any atom is 0.264 e. The van der Waals surface area contributed by atoms with E-state index in [9.17, 15) is 19.5 Å². The van der Waals surface area contributed by atoms with Gasteiger partial charge in [0.1, 0.15) is 0 Å². The Kier molecular flexibility index (Phi) is 9.78. The summed E-state index contributed by atoms with van der Waals surface area (Å²) in [6.45, 7) is 12.8. The molecule has 246 valence electrons. The molecule has 4 aliphatic rings. The normalized spacial score (nSPS) is 28.5. The van der Waals surface area contributed by atoms with Crippen molar-refractivity contribution in [3.8, 4) is 0 Å². The number of likely N-dealkylation sites (tertiary alicyclic amines) is 1. The highest BCUT2D eigenvalue weighted by molar-refractivity contribution is 6.72. The number of halogens is 1. The van der Waals surface area contributed by atoms with E-state index in [-0.39, 0.29) is 36.8 Å². The van der Waals surface area contributed by atoms with E-state index in [4.69, 9.17) is 4.74 Å². The summed E-state index contributed by atoms with van der Waals surface area (Å²) in [5, 5.41) is 9.84. The van der Waals surface area contributed by atoms with Crippen LogP contribution in [0.2, 0.25) is 18.6 Å². The van der Waals surface area contributed by atoms with Crippen LogP contribution in [0.5, 0.6) is 0 Å². The predicted octanol–water partition coefficient (Wildman–Crippen LogP) is 6.00. The number of aliphatic hydroxyl groups excluding tert-OH is 1. The molecular weight excluding hydrogens is 589 g/mol. The van der Waals surface area contributed by atoms with Gasteiger partial charge in [-0.15, -0.1) is 0 Å². The Bertz CT molecular complexity index is 1390. The molecule has 0 aromatic heterocycles. The summed E-state index contributed by atoms with van der Waals surface area (Å²) < 4.78 is 23.1. The van der Waals surface area contributed by atoms with E-state index >= 15 is 4.11 Å². The zero-order valence-corrected chi connectivity index (χ0v) is 28.8. The minimum Gasteiger partial charge on any atom is -0.394 e. The molecule has 8 nitrogen and oxygen atoms in total. The Morgan fingerprint density at radius 2 is 1.91 bits per heavy atom. The van der Waals surface area contributed by atoms with Crippen LogP contribution in [0.15, 0.2) is 41.5 Å². The third-order valence-electron chi connectivity index (χ3n) is 10.3. The van der Waals surface area contributed by atoms with E-state index in [0.29, 0.717) is 43.0 Å². The van der Waals surface area contributed by atoms with Gasteiger partial charge in [0.2, 0.25) is 20.2 Å². The van der Waals surface area contributed by atoms with Gasteiger partial charge in [-0.3, -0.25) is 14.4 Å². The molecule has 3 fully saturated rings. The van der Waals surface area contributed by atoms with Crippen LogP contribution in [0.25, 0.3) is 0 Å². The van der Waals surface area contributed by atoms with Crippen molar-refractivity contribution in [1.29, 1.82) is 0 Å². The number of allylic oxidation sites excluding steroid dienone is 3. The molecule has 0 unspecified atom stereocenters. The molecule has 1 spiro atoms. The average Bonchev–Trinajstić information content (AvgIpc) is 3.73. The summed E-state index contributed by atoms with van der Waals surface area (Å²) in [6.07, 6.45) is 8.07. The molecule has 1 aromatic carbocycles. The molecule has 10 heteroatoms. The Hall–Kier alpha value is -2.82. The number of anilines is 2. The Morgan fingerprint density at radius 1 is 1.16 bits per heavy atom. The lowest BCUT2D eigenvalue weighted by molar-refractivity contribution is -0.149. The van der Waals surface area contributed by atoms with Gasteiger partial charge in [0.05, 0.1) is 30.9 Å². The summed E-state index contributed by atoms with van der Waals surface area (Å²) in [4.78, 5) is 46.2. The van der Waals surface area contributed by atoms with Gasteiger partial charge in [0, 0.05) is 48.8 Å². The van der Waals surface area contributed by atoms with E-state index in [1.54, 1.807) is 27.8 Å². The molecule has 3 saturated heterocycles. The van der Waals surface area contributed by atoms with Gasteiger partial charge in [-0.1, -0.05) is 30.2 Å². The first-order valence-corrected chi connectivity index (χ1v) is 19.6. The van der Waals surface area contributed by atoms with E-state index in [0.717, 1.165) is 32.1 Å². The van der Waals surface area contributed by atoms with Crippen LogP contribution >= 0.6 is 0 Å². The molecule has 0 saturated carbocycles. The highest BCUT2D eigenvalue weighted by atomic mass is 28.4. The quantitative estimate of drug-likeness (QED) is 0.193. The number of ether oxygens (including phenoxy) is 1. The lowest BCUT2D eigenvalue weighted by Gasteiger charge is -2.31. The standard InChI is InChI=1S/C35H50FN3O5Si/c1-23(2)10-7-11-24(3)16-19-39-29-15-14-26(37-18-9-13-31(37)41)20-28(29)35(34(39)43)25(4)33(45(5,6)36)30(44-35)21-32(42)38-17-8-12-27(38)22-40/h10,14-16,20,25,27,30,33,40H,7-9,11-13,17-19,21-22H2,1-6H3/b24-16+/t25-,27-,30+,33-,35+/m0/s1. The van der Waals surface area contributed by atoms with Gasteiger partial charge in [0.15, 0.2) is 5.60 Å². The van der Waals surface area contributed by atoms with Crippen LogP contribution < -0.4 is 9.80 Å². The molecule has 0 radical (unpaired) electrons. The summed E-state index contributed by atoms with van der Waals surface area (Å²) in [5.74, 6) is -0.894. The summed E-state index contributed by atoms with van der Waals surface area (Å²) in [5.41, 5.74) is 2.44. The van der Waals surface area contributed by atoms with E-state index in [1.165, 1.54) is 11.1 Å². The number of hydrogen-bond donors (Lipinski definition) is 1. The largest absolute Gasteiger partial charge is 0.394 e. The topological polar surface area (TPSA) is 90.4 Å². The fourth-order valence-electron chi connectivity index (χ4n) is 8.09. The molecule has 0 aliphatic carbocycles. The first kappa shape index (κ1) is 33.5. The first-order chi connectivity index (χ1) is 21.3. The van der Waals surface area contributed by atoms with Crippen LogP contribution in [0.3, 0.4) is 0 Å². The highest BCUT2D eigenvalue weighted by Crippen LogP contribution is 2.60.